The van der Waals surface area contributed by atoms with Gasteiger partial charge in [0.1, 0.15) is 0 Å². The molecule has 12 heteroatoms. The number of halogens is 1. The zero-order chi connectivity index (χ0) is 33.3. The number of ether oxygens (including phenoxy) is 1. The Labute approximate surface area is 277 Å². The summed E-state index contributed by atoms with van der Waals surface area (Å²) >= 11 is 0. The van der Waals surface area contributed by atoms with Crippen molar-refractivity contribution in [2.45, 2.75) is 75.9 Å². The average Bonchev–Trinajstić information content (AvgIpc) is 3.48. The van der Waals surface area contributed by atoms with Crippen molar-refractivity contribution in [2.75, 3.05) is 48.3 Å². The number of amides is 3. The third kappa shape index (κ3) is 6.63. The van der Waals surface area contributed by atoms with Gasteiger partial charge in [-0.25, -0.2) is 0 Å². The SMILES string of the molecule is C[C@@H]1[C@@H]([Si](C)(C)F)[C@H](CCO)O[C@@]12C(=O)N(Cc1cccc(NC(=O)C3CCCNC3)c1)c1ccc(NC(=O)C3CCCNC3)cc12. The molecular formula is C35H48FN5O5Si. The third-order valence-corrected chi connectivity index (χ3v) is 13.0. The van der Waals surface area contributed by atoms with Crippen LogP contribution in [0.2, 0.25) is 18.6 Å². The normalized spacial score (nSPS) is 29.2. The van der Waals surface area contributed by atoms with E-state index < -0.39 is 31.6 Å². The average molecular weight is 666 g/mol. The largest absolute Gasteiger partial charge is 0.396 e. The maximum absolute atomic E-state index is 16.0. The Balaban J connectivity index is 1.33. The molecular weight excluding hydrogens is 617 g/mol. The maximum Gasteiger partial charge on any atom is 0.264 e. The quantitative estimate of drug-likeness (QED) is 0.200. The third-order valence-electron chi connectivity index (χ3n) is 10.5. The molecule has 0 saturated carbocycles. The molecule has 254 valence electrons. The first-order chi connectivity index (χ1) is 22.5. The molecule has 0 aromatic heterocycles. The first-order valence-corrected chi connectivity index (χ1v) is 20.0. The Bertz CT molecular complexity index is 1490. The van der Waals surface area contributed by atoms with Crippen LogP contribution in [0.15, 0.2) is 42.5 Å². The van der Waals surface area contributed by atoms with Crippen LogP contribution < -0.4 is 26.2 Å². The summed E-state index contributed by atoms with van der Waals surface area (Å²) in [6.45, 7) is 8.28. The van der Waals surface area contributed by atoms with Gasteiger partial charge in [0.05, 0.1) is 30.2 Å². The Morgan fingerprint density at radius 2 is 1.66 bits per heavy atom. The van der Waals surface area contributed by atoms with Crippen LogP contribution in [0, 0.1) is 17.8 Å². The van der Waals surface area contributed by atoms with E-state index in [-0.39, 0.29) is 49.1 Å². The van der Waals surface area contributed by atoms with Gasteiger partial charge in [0, 0.05) is 48.1 Å². The number of carbonyl (C=O) groups is 3. The molecule has 3 amide bonds. The molecule has 3 saturated heterocycles. The number of hydrogen-bond donors (Lipinski definition) is 5. The second-order valence-corrected chi connectivity index (χ2v) is 18.0. The number of hydrogen-bond acceptors (Lipinski definition) is 7. The number of fused-ring (bicyclic) bond motifs is 2. The summed E-state index contributed by atoms with van der Waals surface area (Å²) in [5, 5.41) is 22.6. The standard InChI is InChI=1S/C35H48FN5O5Si/c1-22-31(47(2,3)36)30(13-16-42)46-35(22)28-18-27(40-33(44)25-9-6-15-38-20-25)11-12-29(28)41(34(35)45)21-23-7-4-10-26(17-23)39-32(43)24-8-5-14-37-19-24/h4,7,10-12,17-18,22,24-25,30-31,37-38,42H,5-6,8-9,13-16,19-21H2,1-3H3,(H,39,43)(H,40,44)/t22-,24?,25?,30+,31-,35+/m1/s1. The second-order valence-electron chi connectivity index (χ2n) is 14.2. The lowest BCUT2D eigenvalue weighted by atomic mass is 9.82. The summed E-state index contributed by atoms with van der Waals surface area (Å²) in [4.78, 5) is 42.5. The molecule has 6 atom stereocenters. The molecule has 0 bridgehead atoms. The van der Waals surface area contributed by atoms with Crippen LogP contribution in [0.5, 0.6) is 0 Å². The van der Waals surface area contributed by atoms with Gasteiger partial charge in [0.25, 0.3) is 5.91 Å². The molecule has 0 aliphatic carbocycles. The van der Waals surface area contributed by atoms with Crippen LogP contribution in [-0.4, -0.2) is 70.1 Å². The van der Waals surface area contributed by atoms with Gasteiger partial charge in [-0.2, -0.15) is 0 Å². The van der Waals surface area contributed by atoms with Gasteiger partial charge in [-0.05, 0) is 94.2 Å². The summed E-state index contributed by atoms with van der Waals surface area (Å²) in [6.07, 6.45) is 3.13. The van der Waals surface area contributed by atoms with Crippen molar-refractivity contribution in [2.24, 2.45) is 17.8 Å². The fourth-order valence-corrected chi connectivity index (χ4v) is 10.8. The zero-order valence-electron chi connectivity index (χ0n) is 27.6. The molecule has 5 N–H and O–H groups in total. The van der Waals surface area contributed by atoms with Crippen molar-refractivity contribution < 1.29 is 28.3 Å². The van der Waals surface area contributed by atoms with E-state index in [1.54, 1.807) is 24.1 Å². The van der Waals surface area contributed by atoms with Crippen LogP contribution in [0.1, 0.15) is 50.2 Å². The second kappa shape index (κ2) is 13.8. The van der Waals surface area contributed by atoms with E-state index in [9.17, 15) is 19.5 Å². The topological polar surface area (TPSA) is 132 Å². The molecule has 6 rings (SSSR count). The molecule has 1 spiro atoms. The van der Waals surface area contributed by atoms with Crippen molar-refractivity contribution in [1.82, 2.24) is 10.6 Å². The van der Waals surface area contributed by atoms with Gasteiger partial charge < -0.3 is 40.1 Å². The first-order valence-electron chi connectivity index (χ1n) is 17.1. The molecule has 4 heterocycles. The zero-order valence-corrected chi connectivity index (χ0v) is 28.6. The van der Waals surface area contributed by atoms with E-state index in [4.69, 9.17) is 4.74 Å². The number of rotatable bonds is 9. The fraction of sp³-hybridized carbons (Fsp3) is 0.571. The van der Waals surface area contributed by atoms with Crippen molar-refractivity contribution >= 4 is 43.2 Å². The van der Waals surface area contributed by atoms with Crippen LogP contribution in [0.4, 0.5) is 21.2 Å². The molecule has 10 nitrogen and oxygen atoms in total. The summed E-state index contributed by atoms with van der Waals surface area (Å²) in [5.41, 5.74) is 1.29. The Kier molecular flexibility index (Phi) is 9.87. The smallest absolute Gasteiger partial charge is 0.264 e. The number of nitrogens with one attached hydrogen (secondary N) is 4. The van der Waals surface area contributed by atoms with E-state index in [0.29, 0.717) is 35.7 Å². The van der Waals surface area contributed by atoms with Gasteiger partial charge >= 0.3 is 0 Å². The highest BCUT2D eigenvalue weighted by molar-refractivity contribution is 6.72. The minimum Gasteiger partial charge on any atom is -0.396 e. The predicted octanol–water partition coefficient (Wildman–Crippen LogP) is 4.27. The number of aliphatic hydroxyl groups excluding tert-OH is 1. The van der Waals surface area contributed by atoms with Gasteiger partial charge in [-0.15, -0.1) is 0 Å². The minimum atomic E-state index is -3.36. The minimum absolute atomic E-state index is 0.0263. The molecule has 2 aromatic carbocycles. The Morgan fingerprint density at radius 1 is 1.02 bits per heavy atom. The number of nitrogens with zero attached hydrogens (tertiary/aromatic N) is 1. The Morgan fingerprint density at radius 3 is 2.23 bits per heavy atom. The molecule has 47 heavy (non-hydrogen) atoms. The van der Waals surface area contributed by atoms with Gasteiger partial charge in [-0.3, -0.25) is 14.4 Å². The number of anilines is 3. The summed E-state index contributed by atoms with van der Waals surface area (Å²) in [7, 11) is -3.36. The lowest BCUT2D eigenvalue weighted by Gasteiger charge is -2.31. The van der Waals surface area contributed by atoms with Crippen molar-refractivity contribution in [3.05, 3.63) is 53.6 Å². The number of benzene rings is 2. The highest BCUT2D eigenvalue weighted by atomic mass is 28.4. The predicted molar refractivity (Wildman–Crippen MR) is 182 cm³/mol. The number of piperidine rings is 2. The van der Waals surface area contributed by atoms with Gasteiger partial charge in [0.2, 0.25) is 20.2 Å². The molecule has 2 aromatic rings. The molecule has 4 aliphatic heterocycles. The maximum atomic E-state index is 16.0. The van der Waals surface area contributed by atoms with Crippen LogP contribution in [-0.2, 0) is 31.3 Å². The van der Waals surface area contributed by atoms with Crippen LogP contribution in [0.3, 0.4) is 0 Å². The molecule has 2 unspecified atom stereocenters. The Hall–Kier alpha value is -3.16. The first kappa shape index (κ1) is 33.7. The van der Waals surface area contributed by atoms with E-state index in [1.165, 1.54) is 0 Å². The summed E-state index contributed by atoms with van der Waals surface area (Å²) in [5.74, 6) is -1.14. The molecule has 4 aliphatic rings. The van der Waals surface area contributed by atoms with Gasteiger partial charge in [0.15, 0.2) is 5.60 Å². The van der Waals surface area contributed by atoms with E-state index in [0.717, 1.165) is 44.3 Å². The van der Waals surface area contributed by atoms with E-state index >= 15 is 4.11 Å². The summed E-state index contributed by atoms with van der Waals surface area (Å²) in [6, 6.07) is 13.0. The highest BCUT2D eigenvalue weighted by Gasteiger charge is 2.66. The highest BCUT2D eigenvalue weighted by Crippen LogP contribution is 2.60. The van der Waals surface area contributed by atoms with Crippen molar-refractivity contribution in [1.29, 1.82) is 0 Å². The van der Waals surface area contributed by atoms with E-state index in [1.807, 2.05) is 43.3 Å². The lowest BCUT2D eigenvalue weighted by Crippen LogP contribution is -2.45. The van der Waals surface area contributed by atoms with Gasteiger partial charge in [-0.1, -0.05) is 19.1 Å². The molecule has 3 fully saturated rings. The lowest BCUT2D eigenvalue weighted by molar-refractivity contribution is -0.146. The summed E-state index contributed by atoms with van der Waals surface area (Å²) < 4.78 is 22.7. The number of carbonyl (C=O) groups excluding carboxylic acids is 3. The van der Waals surface area contributed by atoms with Crippen molar-refractivity contribution in [3.63, 3.8) is 0 Å². The monoisotopic (exact) mass is 665 g/mol. The molecule has 0 radical (unpaired) electrons. The number of aliphatic hydroxyl groups is 1. The van der Waals surface area contributed by atoms with Crippen LogP contribution >= 0.6 is 0 Å². The van der Waals surface area contributed by atoms with Crippen LogP contribution in [0.25, 0.3) is 0 Å². The van der Waals surface area contributed by atoms with E-state index in [2.05, 4.69) is 21.3 Å². The fourth-order valence-electron chi connectivity index (χ4n) is 8.25. The van der Waals surface area contributed by atoms with Crippen molar-refractivity contribution in [3.8, 4) is 0 Å².